The minimum absolute atomic E-state index is 0.0292. The molecule has 0 spiro atoms. The van der Waals surface area contributed by atoms with E-state index in [9.17, 15) is 22.8 Å². The van der Waals surface area contributed by atoms with Gasteiger partial charge >= 0.3 is 6.03 Å². The first-order chi connectivity index (χ1) is 16.2. The largest absolute Gasteiger partial charge is 0.368 e. The van der Waals surface area contributed by atoms with Crippen LogP contribution >= 0.6 is 0 Å². The van der Waals surface area contributed by atoms with Gasteiger partial charge in [-0.05, 0) is 56.3 Å². The molecule has 1 heterocycles. The third kappa shape index (κ3) is 5.38. The summed E-state index contributed by atoms with van der Waals surface area (Å²) >= 11 is 0. The molecule has 2 aliphatic carbocycles. The van der Waals surface area contributed by atoms with Crippen LogP contribution in [-0.2, 0) is 19.4 Å². The molecule has 4 atom stereocenters. The Labute approximate surface area is 216 Å². The van der Waals surface area contributed by atoms with E-state index in [1.807, 2.05) is 20.8 Å². The molecule has 0 aromatic carbocycles. The quantitative estimate of drug-likeness (QED) is 0.488. The van der Waals surface area contributed by atoms with Crippen LogP contribution in [-0.4, -0.2) is 65.8 Å². The smallest absolute Gasteiger partial charge is 0.315 e. The Kier molecular flexibility index (Phi) is 7.32. The normalized spacial score (nSPS) is 28.1. The van der Waals surface area contributed by atoms with Crippen molar-refractivity contribution in [2.24, 2.45) is 28.4 Å². The Balaban J connectivity index is 1.80. The summed E-state index contributed by atoms with van der Waals surface area (Å²) in [4.78, 5) is 40.9. The first-order valence-corrected chi connectivity index (χ1v) is 14.8. The van der Waals surface area contributed by atoms with Crippen LogP contribution in [0.3, 0.4) is 0 Å². The number of rotatable bonds is 6. The topological polar surface area (TPSA) is 139 Å². The molecule has 4 N–H and O–H groups in total. The Morgan fingerprint density at radius 3 is 2.06 bits per heavy atom. The maximum Gasteiger partial charge on any atom is 0.315 e. The van der Waals surface area contributed by atoms with Gasteiger partial charge in [0.05, 0.1) is 16.0 Å². The first kappa shape index (κ1) is 28.7. The molecule has 0 bridgehead atoms. The number of carbonyl (C=O) groups excluding carboxylic acids is 3. The molecule has 10 heteroatoms. The molecule has 36 heavy (non-hydrogen) atoms. The van der Waals surface area contributed by atoms with Crippen LogP contribution < -0.4 is 16.4 Å². The maximum atomic E-state index is 13.7. The monoisotopic (exact) mass is 526 g/mol. The zero-order valence-electron chi connectivity index (χ0n) is 23.2. The lowest BCUT2D eigenvalue weighted by Crippen LogP contribution is -2.63. The number of hydrogen-bond donors (Lipinski definition) is 3. The average Bonchev–Trinajstić information content (AvgIpc) is 3.06. The Morgan fingerprint density at radius 1 is 1.03 bits per heavy atom. The number of nitrogens with two attached hydrogens (primary N) is 1. The predicted octanol–water partition coefficient (Wildman–Crippen LogP) is 2.58. The highest BCUT2D eigenvalue weighted by Gasteiger charge is 2.69. The highest BCUT2D eigenvalue weighted by Crippen LogP contribution is 2.64. The number of urea groups is 1. The van der Waals surface area contributed by atoms with Crippen molar-refractivity contribution in [1.82, 2.24) is 15.5 Å². The number of hydrogen-bond acceptors (Lipinski definition) is 5. The summed E-state index contributed by atoms with van der Waals surface area (Å²) in [6, 6.07) is -2.15. The van der Waals surface area contributed by atoms with Crippen molar-refractivity contribution in [2.45, 2.75) is 110 Å². The van der Waals surface area contributed by atoms with Gasteiger partial charge in [0.25, 0.3) is 0 Å². The molecule has 3 rings (SSSR count). The predicted molar refractivity (Wildman–Crippen MR) is 140 cm³/mol. The summed E-state index contributed by atoms with van der Waals surface area (Å²) in [6.07, 6.45) is 3.78. The molecular formula is C26H46N4O5S. The third-order valence-corrected chi connectivity index (χ3v) is 11.6. The van der Waals surface area contributed by atoms with Gasteiger partial charge < -0.3 is 21.3 Å². The van der Waals surface area contributed by atoms with Crippen LogP contribution in [0.15, 0.2) is 0 Å². The number of nitrogens with zero attached hydrogens (tertiary/aromatic N) is 1. The van der Waals surface area contributed by atoms with Gasteiger partial charge in [-0.2, -0.15) is 0 Å². The van der Waals surface area contributed by atoms with Crippen molar-refractivity contribution in [3.05, 3.63) is 0 Å². The zero-order valence-corrected chi connectivity index (χ0v) is 24.0. The lowest BCUT2D eigenvalue weighted by Gasteiger charge is -2.41. The lowest BCUT2D eigenvalue weighted by molar-refractivity contribution is -0.142. The molecule has 4 amide bonds. The van der Waals surface area contributed by atoms with Crippen molar-refractivity contribution >= 4 is 27.7 Å². The Morgan fingerprint density at radius 2 is 1.58 bits per heavy atom. The maximum absolute atomic E-state index is 13.7. The fourth-order valence-corrected chi connectivity index (χ4v) is 7.70. The first-order valence-electron chi connectivity index (χ1n) is 13.1. The molecule has 0 radical (unpaired) electrons. The molecule has 0 aromatic rings. The summed E-state index contributed by atoms with van der Waals surface area (Å²) in [6.45, 7) is 15.2. The molecule has 4 unspecified atom stereocenters. The summed E-state index contributed by atoms with van der Waals surface area (Å²) in [5.41, 5.74) is 4.16. The number of piperidine rings is 1. The van der Waals surface area contributed by atoms with E-state index >= 15 is 0 Å². The summed E-state index contributed by atoms with van der Waals surface area (Å²) in [5.74, 6) is -0.751. The molecule has 9 nitrogen and oxygen atoms in total. The third-order valence-electron chi connectivity index (χ3n) is 8.76. The van der Waals surface area contributed by atoms with Crippen LogP contribution in [0.1, 0.15) is 87.5 Å². The van der Waals surface area contributed by atoms with Gasteiger partial charge in [0.15, 0.2) is 9.84 Å². The van der Waals surface area contributed by atoms with E-state index in [0.29, 0.717) is 19.4 Å². The van der Waals surface area contributed by atoms with Gasteiger partial charge in [0, 0.05) is 6.54 Å². The molecule has 3 aliphatic rings. The van der Waals surface area contributed by atoms with Crippen molar-refractivity contribution in [1.29, 1.82) is 0 Å². The number of likely N-dealkylation sites (tertiary alicyclic amines) is 1. The zero-order chi connectivity index (χ0) is 27.5. The summed E-state index contributed by atoms with van der Waals surface area (Å²) < 4.78 is 25.2. The fourth-order valence-electron chi connectivity index (χ4n) is 6.18. The molecule has 0 aromatic heterocycles. The highest BCUT2D eigenvalue weighted by molar-refractivity contribution is 7.92. The van der Waals surface area contributed by atoms with E-state index in [1.54, 1.807) is 25.7 Å². The number of primary amides is 1. The van der Waals surface area contributed by atoms with E-state index in [4.69, 9.17) is 5.73 Å². The SMILES string of the molecule is CC(C)(C)C(NC(=O)NC1(CS(=O)(=O)C(C)(C)C)CCCCC1)C(=O)N1CC2C(C1C(N)=O)C2(C)C. The molecule has 3 fully saturated rings. The van der Waals surface area contributed by atoms with E-state index in [-0.39, 0.29) is 28.9 Å². The van der Waals surface area contributed by atoms with Crippen LogP contribution in [0.5, 0.6) is 0 Å². The molecule has 1 saturated heterocycles. The van der Waals surface area contributed by atoms with Gasteiger partial charge in [-0.1, -0.05) is 53.9 Å². The minimum atomic E-state index is -3.49. The van der Waals surface area contributed by atoms with E-state index in [1.165, 1.54) is 0 Å². The van der Waals surface area contributed by atoms with Crippen molar-refractivity contribution < 1.29 is 22.8 Å². The van der Waals surface area contributed by atoms with Crippen molar-refractivity contribution in [3.8, 4) is 0 Å². The number of carbonyl (C=O) groups is 3. The number of nitrogens with one attached hydrogen (secondary N) is 2. The number of fused-ring (bicyclic) bond motifs is 1. The van der Waals surface area contributed by atoms with E-state index < -0.39 is 49.6 Å². The molecule has 1 aliphatic heterocycles. The van der Waals surface area contributed by atoms with Crippen molar-refractivity contribution in [3.63, 3.8) is 0 Å². The van der Waals surface area contributed by atoms with E-state index in [0.717, 1.165) is 19.3 Å². The van der Waals surface area contributed by atoms with Gasteiger partial charge in [-0.3, -0.25) is 9.59 Å². The fraction of sp³-hybridized carbons (Fsp3) is 0.885. The van der Waals surface area contributed by atoms with Crippen LogP contribution in [0.25, 0.3) is 0 Å². The van der Waals surface area contributed by atoms with Gasteiger partial charge in [-0.25, -0.2) is 13.2 Å². The van der Waals surface area contributed by atoms with Crippen LogP contribution in [0, 0.1) is 22.7 Å². The minimum Gasteiger partial charge on any atom is -0.368 e. The van der Waals surface area contributed by atoms with Crippen LogP contribution in [0.4, 0.5) is 4.79 Å². The summed E-state index contributed by atoms with van der Waals surface area (Å²) in [5, 5.41) is 5.83. The highest BCUT2D eigenvalue weighted by atomic mass is 32.2. The van der Waals surface area contributed by atoms with Gasteiger partial charge in [0.1, 0.15) is 12.1 Å². The second-order valence-electron chi connectivity index (χ2n) is 13.9. The van der Waals surface area contributed by atoms with Gasteiger partial charge in [-0.15, -0.1) is 0 Å². The second kappa shape index (κ2) is 9.17. The molecule has 206 valence electrons. The van der Waals surface area contributed by atoms with Gasteiger partial charge in [0.2, 0.25) is 11.8 Å². The van der Waals surface area contributed by atoms with E-state index in [2.05, 4.69) is 24.5 Å². The number of amides is 4. The second-order valence-corrected chi connectivity index (χ2v) is 16.6. The van der Waals surface area contributed by atoms with Crippen LogP contribution in [0.2, 0.25) is 0 Å². The molecular weight excluding hydrogens is 480 g/mol. The summed E-state index contributed by atoms with van der Waals surface area (Å²) in [7, 11) is -3.49. The molecule has 2 saturated carbocycles. The number of sulfone groups is 1. The Bertz CT molecular complexity index is 1000. The lowest BCUT2D eigenvalue weighted by atomic mass is 9.83. The Hall–Kier alpha value is -1.84. The average molecular weight is 527 g/mol. The van der Waals surface area contributed by atoms with Crippen molar-refractivity contribution in [2.75, 3.05) is 12.3 Å². The standard InChI is InChI=1S/C26H46N4O5S/c1-23(2,3)19(21(32)30-14-16-17(25(16,7)8)18(30)20(27)31)28-22(33)29-26(12-10-9-11-13-26)15-36(34,35)24(4,5)6/h16-19H,9-15H2,1-8H3,(H2,27,31)(H2,28,29,33).